The van der Waals surface area contributed by atoms with Crippen LogP contribution in [0.4, 0.5) is 11.4 Å². The monoisotopic (exact) mass is 260 g/mol. The molecule has 0 amide bonds. The molecule has 2 aromatic carbocycles. The number of anilines is 2. The van der Waals surface area contributed by atoms with Gasteiger partial charge in [-0.2, -0.15) is 0 Å². The van der Waals surface area contributed by atoms with Crippen LogP contribution in [0.5, 0.6) is 0 Å². The minimum Gasteiger partial charge on any atom is -0.397 e. The van der Waals surface area contributed by atoms with E-state index in [1.165, 1.54) is 0 Å². The molecule has 0 aromatic heterocycles. The van der Waals surface area contributed by atoms with Gasteiger partial charge < -0.3 is 11.5 Å². The smallest absolute Gasteiger partial charge is 0.167 e. The van der Waals surface area contributed by atoms with Crippen LogP contribution in [-0.4, -0.2) is 5.78 Å². The SMILES string of the molecule is Nc1ccc(CC(=O)c2ccc(Cl)cc2)cc1N. The summed E-state index contributed by atoms with van der Waals surface area (Å²) < 4.78 is 0. The van der Waals surface area contributed by atoms with Crippen LogP contribution in [0.1, 0.15) is 15.9 Å². The zero-order chi connectivity index (χ0) is 13.1. The number of hydrogen-bond acceptors (Lipinski definition) is 3. The number of Topliss-reactive ketones (excluding diaryl/α,β-unsaturated/α-hetero) is 1. The molecule has 2 rings (SSSR count). The average Bonchev–Trinajstić information content (AvgIpc) is 2.34. The summed E-state index contributed by atoms with van der Waals surface area (Å²) >= 11 is 5.77. The maximum Gasteiger partial charge on any atom is 0.167 e. The van der Waals surface area contributed by atoms with Gasteiger partial charge in [-0.05, 0) is 42.0 Å². The Morgan fingerprint density at radius 2 is 1.67 bits per heavy atom. The molecule has 4 N–H and O–H groups in total. The van der Waals surface area contributed by atoms with E-state index >= 15 is 0 Å². The number of halogens is 1. The molecule has 0 unspecified atom stereocenters. The lowest BCUT2D eigenvalue weighted by Crippen LogP contribution is -2.04. The third-order valence-electron chi connectivity index (χ3n) is 2.68. The van der Waals surface area contributed by atoms with Crippen molar-refractivity contribution in [3.8, 4) is 0 Å². The van der Waals surface area contributed by atoms with Crippen LogP contribution in [0.25, 0.3) is 0 Å². The predicted molar refractivity (Wildman–Crippen MR) is 74.8 cm³/mol. The Labute approximate surface area is 110 Å². The van der Waals surface area contributed by atoms with E-state index in [0.29, 0.717) is 28.4 Å². The molecule has 0 saturated heterocycles. The third-order valence-corrected chi connectivity index (χ3v) is 2.93. The first kappa shape index (κ1) is 12.5. The zero-order valence-electron chi connectivity index (χ0n) is 9.69. The van der Waals surface area contributed by atoms with Gasteiger partial charge in [-0.3, -0.25) is 4.79 Å². The fraction of sp³-hybridized carbons (Fsp3) is 0.0714. The fourth-order valence-electron chi connectivity index (χ4n) is 1.66. The Bertz CT molecular complexity index is 579. The van der Waals surface area contributed by atoms with Crippen LogP contribution in [0, 0.1) is 0 Å². The Balaban J connectivity index is 2.16. The van der Waals surface area contributed by atoms with Gasteiger partial charge in [0.05, 0.1) is 11.4 Å². The van der Waals surface area contributed by atoms with Crippen molar-refractivity contribution >= 4 is 28.8 Å². The second-order valence-corrected chi connectivity index (χ2v) is 4.51. The summed E-state index contributed by atoms with van der Waals surface area (Å²) in [6.45, 7) is 0. The van der Waals surface area contributed by atoms with Gasteiger partial charge >= 0.3 is 0 Å². The number of rotatable bonds is 3. The standard InChI is InChI=1S/C14H13ClN2O/c15-11-4-2-10(3-5-11)14(18)8-9-1-6-12(16)13(17)7-9/h1-7H,8,16-17H2. The molecule has 2 aromatic rings. The molecule has 0 spiro atoms. The summed E-state index contributed by atoms with van der Waals surface area (Å²) in [5.41, 5.74) is 13.8. The number of carbonyl (C=O) groups excluding carboxylic acids is 1. The van der Waals surface area contributed by atoms with E-state index in [-0.39, 0.29) is 5.78 Å². The highest BCUT2D eigenvalue weighted by Crippen LogP contribution is 2.18. The summed E-state index contributed by atoms with van der Waals surface area (Å²) in [5, 5.41) is 0.614. The van der Waals surface area contributed by atoms with Gasteiger partial charge in [0.1, 0.15) is 0 Å². The van der Waals surface area contributed by atoms with Crippen molar-refractivity contribution in [2.75, 3.05) is 11.5 Å². The Morgan fingerprint density at radius 3 is 2.28 bits per heavy atom. The molecule has 92 valence electrons. The molecule has 0 aliphatic heterocycles. The van der Waals surface area contributed by atoms with Crippen LogP contribution in [0.15, 0.2) is 42.5 Å². The van der Waals surface area contributed by atoms with Crippen LogP contribution in [0.2, 0.25) is 5.02 Å². The van der Waals surface area contributed by atoms with Crippen LogP contribution in [-0.2, 0) is 6.42 Å². The van der Waals surface area contributed by atoms with Gasteiger partial charge in [0.25, 0.3) is 0 Å². The van der Waals surface area contributed by atoms with E-state index < -0.39 is 0 Å². The highest BCUT2D eigenvalue weighted by Gasteiger charge is 2.07. The molecule has 3 nitrogen and oxygen atoms in total. The van der Waals surface area contributed by atoms with E-state index in [1.54, 1.807) is 42.5 Å². The molecule has 0 saturated carbocycles. The van der Waals surface area contributed by atoms with Crippen LogP contribution in [0.3, 0.4) is 0 Å². The quantitative estimate of drug-likeness (QED) is 0.659. The third kappa shape index (κ3) is 2.81. The molecule has 0 aliphatic carbocycles. The molecule has 0 aliphatic rings. The maximum atomic E-state index is 12.0. The van der Waals surface area contributed by atoms with Crippen LogP contribution < -0.4 is 11.5 Å². The highest BCUT2D eigenvalue weighted by molar-refractivity contribution is 6.30. The second-order valence-electron chi connectivity index (χ2n) is 4.07. The summed E-state index contributed by atoms with van der Waals surface area (Å²) in [4.78, 5) is 12.0. The molecule has 0 bridgehead atoms. The van der Waals surface area contributed by atoms with Gasteiger partial charge in [-0.1, -0.05) is 17.7 Å². The second kappa shape index (κ2) is 5.10. The normalized spacial score (nSPS) is 10.3. The number of nitrogen functional groups attached to an aromatic ring is 2. The lowest BCUT2D eigenvalue weighted by molar-refractivity contribution is 0.0993. The minimum atomic E-state index is 0.0239. The van der Waals surface area contributed by atoms with Crippen molar-refractivity contribution < 1.29 is 4.79 Å². The lowest BCUT2D eigenvalue weighted by atomic mass is 10.0. The minimum absolute atomic E-state index is 0.0239. The van der Waals surface area contributed by atoms with E-state index in [0.717, 1.165) is 5.56 Å². The van der Waals surface area contributed by atoms with E-state index in [4.69, 9.17) is 23.1 Å². The number of ketones is 1. The lowest BCUT2D eigenvalue weighted by Gasteiger charge is -2.05. The zero-order valence-corrected chi connectivity index (χ0v) is 10.4. The Morgan fingerprint density at radius 1 is 1.00 bits per heavy atom. The van der Waals surface area contributed by atoms with Gasteiger partial charge in [-0.15, -0.1) is 0 Å². The summed E-state index contributed by atoms with van der Waals surface area (Å²) in [7, 11) is 0. The Kier molecular flexibility index (Phi) is 3.53. The first-order chi connectivity index (χ1) is 8.56. The van der Waals surface area contributed by atoms with E-state index in [1.807, 2.05) is 0 Å². The number of carbonyl (C=O) groups is 1. The largest absolute Gasteiger partial charge is 0.397 e. The first-order valence-corrected chi connectivity index (χ1v) is 5.86. The predicted octanol–water partition coefficient (Wildman–Crippen LogP) is 2.93. The van der Waals surface area contributed by atoms with Crippen molar-refractivity contribution in [3.05, 3.63) is 58.6 Å². The van der Waals surface area contributed by atoms with E-state index in [9.17, 15) is 4.79 Å². The number of hydrogen-bond donors (Lipinski definition) is 2. The fourth-order valence-corrected chi connectivity index (χ4v) is 1.78. The molecule has 18 heavy (non-hydrogen) atoms. The van der Waals surface area contributed by atoms with Gasteiger partial charge in [0, 0.05) is 17.0 Å². The maximum absolute atomic E-state index is 12.0. The van der Waals surface area contributed by atoms with Crippen molar-refractivity contribution in [1.82, 2.24) is 0 Å². The molecule has 0 radical (unpaired) electrons. The van der Waals surface area contributed by atoms with Gasteiger partial charge in [0.15, 0.2) is 5.78 Å². The molecule has 4 heteroatoms. The van der Waals surface area contributed by atoms with Crippen molar-refractivity contribution in [1.29, 1.82) is 0 Å². The Hall–Kier alpha value is -2.00. The van der Waals surface area contributed by atoms with Crippen molar-refractivity contribution in [2.24, 2.45) is 0 Å². The summed E-state index contributed by atoms with van der Waals surface area (Å²) in [6, 6.07) is 12.1. The number of benzene rings is 2. The first-order valence-electron chi connectivity index (χ1n) is 5.49. The molecule has 0 fully saturated rings. The molecular weight excluding hydrogens is 248 g/mol. The topological polar surface area (TPSA) is 69.1 Å². The molecule has 0 heterocycles. The van der Waals surface area contributed by atoms with Crippen molar-refractivity contribution in [2.45, 2.75) is 6.42 Å². The number of nitrogens with two attached hydrogens (primary N) is 2. The summed E-state index contributed by atoms with van der Waals surface area (Å²) in [6.07, 6.45) is 0.298. The average molecular weight is 261 g/mol. The van der Waals surface area contributed by atoms with Gasteiger partial charge in [0.2, 0.25) is 0 Å². The molecule has 0 atom stereocenters. The highest BCUT2D eigenvalue weighted by atomic mass is 35.5. The summed E-state index contributed by atoms with van der Waals surface area (Å²) in [5.74, 6) is 0.0239. The van der Waals surface area contributed by atoms with Crippen molar-refractivity contribution in [3.63, 3.8) is 0 Å². The molecular formula is C14H13ClN2O. The van der Waals surface area contributed by atoms with E-state index in [2.05, 4.69) is 0 Å². The van der Waals surface area contributed by atoms with Crippen LogP contribution >= 0.6 is 11.6 Å². The van der Waals surface area contributed by atoms with Gasteiger partial charge in [-0.25, -0.2) is 0 Å².